The summed E-state index contributed by atoms with van der Waals surface area (Å²) in [6.07, 6.45) is 1.14. The van der Waals surface area contributed by atoms with Gasteiger partial charge in [0.1, 0.15) is 5.75 Å². The van der Waals surface area contributed by atoms with E-state index in [2.05, 4.69) is 20.5 Å². The SMILES string of the molecule is CCC(C(=O)Cc1ccc2cnncc2c1)n1cc(OC)c(-c2cc(Cl)ccc2-n2cc(C(F)(F)F)nn2)cc1=O. The highest BCUT2D eigenvalue weighted by Gasteiger charge is 2.35. The first kappa shape index (κ1) is 28.0. The molecular weight excluding hydrogens is 561 g/mol. The monoisotopic (exact) mass is 582 g/mol. The van der Waals surface area contributed by atoms with Crippen molar-refractivity contribution >= 4 is 28.2 Å². The van der Waals surface area contributed by atoms with Crippen LogP contribution in [0, 0.1) is 0 Å². The van der Waals surface area contributed by atoms with E-state index in [1.807, 2.05) is 18.2 Å². The van der Waals surface area contributed by atoms with Gasteiger partial charge in [-0.1, -0.05) is 35.9 Å². The van der Waals surface area contributed by atoms with Crippen molar-refractivity contribution in [2.24, 2.45) is 0 Å². The molecule has 0 spiro atoms. The lowest BCUT2D eigenvalue weighted by atomic mass is 9.99. The Morgan fingerprint density at radius 2 is 1.78 bits per heavy atom. The smallest absolute Gasteiger partial charge is 0.436 e. The van der Waals surface area contributed by atoms with Crippen LogP contribution in [-0.2, 0) is 17.4 Å². The van der Waals surface area contributed by atoms with Crippen molar-refractivity contribution in [2.45, 2.75) is 32.0 Å². The molecular formula is C28H22ClF3N6O3. The number of nitrogens with zero attached hydrogens (tertiary/aromatic N) is 6. The summed E-state index contributed by atoms with van der Waals surface area (Å²) in [6, 6.07) is 10.4. The van der Waals surface area contributed by atoms with Crippen LogP contribution < -0.4 is 10.3 Å². The highest BCUT2D eigenvalue weighted by atomic mass is 35.5. The molecule has 13 heteroatoms. The third kappa shape index (κ3) is 5.68. The maximum atomic E-state index is 13.4. The molecule has 0 saturated heterocycles. The number of ketones is 1. The number of carbonyl (C=O) groups is 1. The van der Waals surface area contributed by atoms with Gasteiger partial charge in [0.15, 0.2) is 11.5 Å². The van der Waals surface area contributed by atoms with E-state index >= 15 is 0 Å². The van der Waals surface area contributed by atoms with Gasteiger partial charge >= 0.3 is 6.18 Å². The molecule has 1 atom stereocenters. The summed E-state index contributed by atoms with van der Waals surface area (Å²) in [6.45, 7) is 1.80. The number of rotatable bonds is 8. The zero-order chi connectivity index (χ0) is 29.3. The standard InChI is InChI=1S/C28H22ClF3N6O3/c1-3-22(24(39)9-16-4-5-17-12-33-34-13-18(17)8-16)37-14-25(41-2)21(11-27(37)40)20-10-19(29)6-7-23(20)38-15-26(35-36-38)28(30,31)32/h4-8,10-15,22H,3,9H2,1-2H3. The number of pyridine rings is 1. The fourth-order valence-electron chi connectivity index (χ4n) is 4.63. The van der Waals surface area contributed by atoms with Crippen LogP contribution in [0.25, 0.3) is 27.6 Å². The van der Waals surface area contributed by atoms with E-state index in [1.165, 1.54) is 42.1 Å². The number of aromatic nitrogens is 6. The number of alkyl halides is 3. The first-order valence-electron chi connectivity index (χ1n) is 12.4. The van der Waals surface area contributed by atoms with E-state index in [9.17, 15) is 22.8 Å². The van der Waals surface area contributed by atoms with Crippen LogP contribution in [0.5, 0.6) is 5.75 Å². The molecule has 0 amide bonds. The fraction of sp³-hybridized carbons (Fsp3) is 0.214. The number of carbonyl (C=O) groups excluding carboxylic acids is 1. The van der Waals surface area contributed by atoms with Crippen LogP contribution in [0.15, 0.2) is 72.0 Å². The number of halogens is 4. The van der Waals surface area contributed by atoms with Crippen LogP contribution in [0.2, 0.25) is 5.02 Å². The minimum absolute atomic E-state index is 0.0829. The molecule has 5 rings (SSSR count). The molecule has 0 fully saturated rings. The fourth-order valence-corrected chi connectivity index (χ4v) is 4.81. The second-order valence-electron chi connectivity index (χ2n) is 9.23. The van der Waals surface area contributed by atoms with E-state index in [4.69, 9.17) is 16.3 Å². The average Bonchev–Trinajstić information content (AvgIpc) is 3.45. The average molecular weight is 583 g/mol. The lowest BCUT2D eigenvalue weighted by molar-refractivity contribution is -0.141. The lowest BCUT2D eigenvalue weighted by Gasteiger charge is -2.20. The maximum absolute atomic E-state index is 13.4. The summed E-state index contributed by atoms with van der Waals surface area (Å²) in [7, 11) is 1.38. The van der Waals surface area contributed by atoms with E-state index < -0.39 is 23.5 Å². The van der Waals surface area contributed by atoms with Crippen molar-refractivity contribution in [3.63, 3.8) is 0 Å². The van der Waals surface area contributed by atoms with Crippen molar-refractivity contribution in [1.29, 1.82) is 0 Å². The number of ether oxygens (including phenoxy) is 1. The molecule has 3 aromatic heterocycles. The van der Waals surface area contributed by atoms with E-state index in [-0.39, 0.29) is 39.8 Å². The van der Waals surface area contributed by atoms with Crippen LogP contribution in [0.4, 0.5) is 13.2 Å². The molecule has 0 N–H and O–H groups in total. The molecule has 2 aromatic carbocycles. The van der Waals surface area contributed by atoms with Gasteiger partial charge in [-0.2, -0.15) is 23.4 Å². The summed E-state index contributed by atoms with van der Waals surface area (Å²) in [5.41, 5.74) is -0.180. The summed E-state index contributed by atoms with van der Waals surface area (Å²) < 4.78 is 47.3. The van der Waals surface area contributed by atoms with Gasteiger partial charge in [-0.15, -0.1) is 5.10 Å². The van der Waals surface area contributed by atoms with Gasteiger partial charge in [0.05, 0.1) is 43.6 Å². The molecule has 1 unspecified atom stereocenters. The molecule has 9 nitrogen and oxygen atoms in total. The Morgan fingerprint density at radius 1 is 1.02 bits per heavy atom. The Bertz CT molecular complexity index is 1820. The molecule has 0 aliphatic rings. The van der Waals surface area contributed by atoms with Crippen molar-refractivity contribution in [1.82, 2.24) is 29.8 Å². The van der Waals surface area contributed by atoms with Crippen LogP contribution >= 0.6 is 11.6 Å². The summed E-state index contributed by atoms with van der Waals surface area (Å²) in [5.74, 6) is 0.0244. The summed E-state index contributed by atoms with van der Waals surface area (Å²) in [4.78, 5) is 26.8. The molecule has 3 heterocycles. The highest BCUT2D eigenvalue weighted by molar-refractivity contribution is 6.31. The predicted molar refractivity (Wildman–Crippen MR) is 145 cm³/mol. The molecule has 41 heavy (non-hydrogen) atoms. The first-order chi connectivity index (χ1) is 19.6. The molecule has 0 aliphatic heterocycles. The lowest BCUT2D eigenvalue weighted by Crippen LogP contribution is -2.30. The van der Waals surface area contributed by atoms with E-state index in [1.54, 1.807) is 19.3 Å². The second kappa shape index (κ2) is 11.1. The Balaban J connectivity index is 1.52. The molecule has 0 saturated carbocycles. The van der Waals surface area contributed by atoms with Gasteiger partial charge in [0, 0.05) is 39.4 Å². The number of hydrogen-bond acceptors (Lipinski definition) is 7. The zero-order valence-corrected chi connectivity index (χ0v) is 22.5. The third-order valence-corrected chi connectivity index (χ3v) is 6.86. The normalized spacial score (nSPS) is 12.4. The number of methoxy groups -OCH3 is 1. The van der Waals surface area contributed by atoms with Crippen LogP contribution in [0.3, 0.4) is 0 Å². The van der Waals surface area contributed by atoms with Gasteiger partial charge in [-0.25, -0.2) is 4.68 Å². The van der Waals surface area contributed by atoms with Gasteiger partial charge in [-0.05, 0) is 36.2 Å². The quantitative estimate of drug-likeness (QED) is 0.238. The Morgan fingerprint density at radius 3 is 2.46 bits per heavy atom. The Labute approximate surface area is 236 Å². The Kier molecular flexibility index (Phi) is 7.59. The van der Waals surface area contributed by atoms with Crippen LogP contribution in [-0.4, -0.2) is 42.7 Å². The van der Waals surface area contributed by atoms with Crippen molar-refractivity contribution < 1.29 is 22.7 Å². The topological polar surface area (TPSA) is 105 Å². The summed E-state index contributed by atoms with van der Waals surface area (Å²) in [5, 5.41) is 16.6. The van der Waals surface area contributed by atoms with Crippen LogP contribution in [0.1, 0.15) is 30.6 Å². The van der Waals surface area contributed by atoms with Gasteiger partial charge < -0.3 is 9.30 Å². The third-order valence-electron chi connectivity index (χ3n) is 6.63. The first-order valence-corrected chi connectivity index (χ1v) is 12.8. The second-order valence-corrected chi connectivity index (χ2v) is 9.66. The van der Waals surface area contributed by atoms with E-state index in [0.717, 1.165) is 27.2 Å². The highest BCUT2D eigenvalue weighted by Crippen LogP contribution is 2.36. The molecule has 210 valence electrons. The van der Waals surface area contributed by atoms with Crippen molar-refractivity contribution in [2.75, 3.05) is 7.11 Å². The summed E-state index contributed by atoms with van der Waals surface area (Å²) >= 11 is 6.22. The zero-order valence-electron chi connectivity index (χ0n) is 21.8. The number of hydrogen-bond donors (Lipinski definition) is 0. The number of benzene rings is 2. The van der Waals surface area contributed by atoms with Crippen molar-refractivity contribution in [3.05, 3.63) is 93.9 Å². The van der Waals surface area contributed by atoms with Gasteiger partial charge in [0.25, 0.3) is 5.56 Å². The van der Waals surface area contributed by atoms with Crippen molar-refractivity contribution in [3.8, 4) is 22.6 Å². The van der Waals surface area contributed by atoms with Gasteiger partial charge in [0.2, 0.25) is 0 Å². The number of fused-ring (bicyclic) bond motifs is 1. The molecule has 0 radical (unpaired) electrons. The van der Waals surface area contributed by atoms with Gasteiger partial charge in [-0.3, -0.25) is 9.59 Å². The molecule has 0 aliphatic carbocycles. The van der Waals surface area contributed by atoms with E-state index in [0.29, 0.717) is 6.42 Å². The minimum Gasteiger partial charge on any atom is -0.495 e. The number of Topliss-reactive ketones (excluding diaryl/α,β-unsaturated/α-hetero) is 1. The molecule has 0 bridgehead atoms. The minimum atomic E-state index is -4.69. The predicted octanol–water partition coefficient (Wildman–Crippen LogP) is 5.48. The largest absolute Gasteiger partial charge is 0.495 e. The maximum Gasteiger partial charge on any atom is 0.436 e. The molecule has 5 aromatic rings. The Hall–Kier alpha value is -4.58.